The fourth-order valence-electron chi connectivity index (χ4n) is 2.04. The first-order chi connectivity index (χ1) is 8.70. The molecule has 1 aliphatic carbocycles. The van der Waals surface area contributed by atoms with E-state index >= 15 is 0 Å². The molecule has 5 heteroatoms. The number of hydrogen-bond acceptors (Lipinski definition) is 3. The number of halogens is 1. The van der Waals surface area contributed by atoms with Gasteiger partial charge in [-0.1, -0.05) is 18.5 Å². The number of rotatable bonds is 3. The molecule has 94 valence electrons. The highest BCUT2D eigenvalue weighted by atomic mass is 35.5. The Morgan fingerprint density at radius 1 is 1.39 bits per heavy atom. The van der Waals surface area contributed by atoms with E-state index in [-0.39, 0.29) is 0 Å². The molecule has 2 heterocycles. The molecule has 2 aromatic heterocycles. The van der Waals surface area contributed by atoms with Crippen molar-refractivity contribution >= 4 is 11.6 Å². The summed E-state index contributed by atoms with van der Waals surface area (Å²) in [6.45, 7) is 4.03. The Hall–Kier alpha value is -1.42. The molecule has 0 amide bonds. The molecule has 3 rings (SSSR count). The lowest BCUT2D eigenvalue weighted by atomic mass is 10.3. The van der Waals surface area contributed by atoms with Crippen LogP contribution in [0.1, 0.15) is 42.9 Å². The fourth-order valence-corrected chi connectivity index (χ4v) is 2.21. The summed E-state index contributed by atoms with van der Waals surface area (Å²) in [5.41, 5.74) is 0.911. The van der Waals surface area contributed by atoms with E-state index in [2.05, 4.69) is 21.9 Å². The first-order valence-electron chi connectivity index (χ1n) is 6.27. The van der Waals surface area contributed by atoms with Crippen LogP contribution in [0.2, 0.25) is 5.15 Å². The third-order valence-corrected chi connectivity index (χ3v) is 3.65. The Balaban J connectivity index is 2.15. The maximum Gasteiger partial charge on any atom is 0.146 e. The molecule has 1 aliphatic rings. The Morgan fingerprint density at radius 2 is 2.17 bits per heavy atom. The molecule has 0 spiro atoms. The quantitative estimate of drug-likeness (QED) is 0.799. The molecule has 0 bridgehead atoms. The lowest BCUT2D eigenvalue weighted by Crippen LogP contribution is -2.08. The first kappa shape index (κ1) is 11.7. The van der Waals surface area contributed by atoms with E-state index in [1.54, 1.807) is 6.20 Å². The van der Waals surface area contributed by atoms with Crippen LogP contribution in [0.25, 0.3) is 5.82 Å². The molecule has 2 aromatic rings. The second-order valence-electron chi connectivity index (χ2n) is 4.66. The molecule has 4 nitrogen and oxygen atoms in total. The van der Waals surface area contributed by atoms with Gasteiger partial charge in [0, 0.05) is 30.3 Å². The summed E-state index contributed by atoms with van der Waals surface area (Å²) in [4.78, 5) is 13.4. The van der Waals surface area contributed by atoms with Gasteiger partial charge in [-0.05, 0) is 19.8 Å². The zero-order valence-electron chi connectivity index (χ0n) is 10.5. The molecule has 0 unspecified atom stereocenters. The summed E-state index contributed by atoms with van der Waals surface area (Å²) in [6, 6.07) is 0. The average Bonchev–Trinajstić information content (AvgIpc) is 3.11. The van der Waals surface area contributed by atoms with E-state index in [0.717, 1.165) is 29.5 Å². The van der Waals surface area contributed by atoms with E-state index in [0.29, 0.717) is 11.1 Å². The summed E-state index contributed by atoms with van der Waals surface area (Å²) in [7, 11) is 0. The van der Waals surface area contributed by atoms with Crippen LogP contribution in [-0.4, -0.2) is 19.5 Å². The minimum Gasteiger partial charge on any atom is -0.288 e. The molecule has 0 aromatic carbocycles. The Morgan fingerprint density at radius 3 is 2.83 bits per heavy atom. The van der Waals surface area contributed by atoms with Gasteiger partial charge in [0.15, 0.2) is 0 Å². The van der Waals surface area contributed by atoms with E-state index < -0.39 is 0 Å². The number of nitrogens with zero attached hydrogens (tertiary/aromatic N) is 4. The van der Waals surface area contributed by atoms with Crippen molar-refractivity contribution in [3.05, 3.63) is 34.8 Å². The van der Waals surface area contributed by atoms with E-state index in [9.17, 15) is 0 Å². The maximum atomic E-state index is 6.22. The van der Waals surface area contributed by atoms with E-state index in [4.69, 9.17) is 11.6 Å². The fraction of sp³-hybridized carbons (Fsp3) is 0.462. The molecule has 1 saturated carbocycles. The van der Waals surface area contributed by atoms with Gasteiger partial charge in [0.2, 0.25) is 0 Å². The first-order valence-corrected chi connectivity index (χ1v) is 6.65. The third-order valence-electron chi connectivity index (χ3n) is 3.28. The normalized spacial score (nSPS) is 15.1. The van der Waals surface area contributed by atoms with Crippen LogP contribution in [-0.2, 0) is 6.42 Å². The van der Waals surface area contributed by atoms with Crippen molar-refractivity contribution in [2.24, 2.45) is 0 Å². The number of hydrogen-bond donors (Lipinski definition) is 0. The van der Waals surface area contributed by atoms with Gasteiger partial charge in [-0.3, -0.25) is 4.57 Å². The molecule has 0 radical (unpaired) electrons. The monoisotopic (exact) mass is 262 g/mol. The second-order valence-corrected chi connectivity index (χ2v) is 5.02. The minimum absolute atomic E-state index is 0.496. The van der Waals surface area contributed by atoms with Gasteiger partial charge in [-0.25, -0.2) is 15.0 Å². The van der Waals surface area contributed by atoms with Gasteiger partial charge < -0.3 is 0 Å². The van der Waals surface area contributed by atoms with Gasteiger partial charge in [-0.2, -0.15) is 0 Å². The Labute approximate surface area is 111 Å². The molecule has 0 aliphatic heterocycles. The largest absolute Gasteiger partial charge is 0.288 e. The molecule has 1 fully saturated rings. The molecule has 0 atom stereocenters. The maximum absolute atomic E-state index is 6.22. The van der Waals surface area contributed by atoms with Crippen molar-refractivity contribution in [3.63, 3.8) is 0 Å². The van der Waals surface area contributed by atoms with Crippen molar-refractivity contribution in [1.82, 2.24) is 19.5 Å². The van der Waals surface area contributed by atoms with Crippen LogP contribution in [0.5, 0.6) is 0 Å². The van der Waals surface area contributed by atoms with Gasteiger partial charge in [-0.15, -0.1) is 0 Å². The second kappa shape index (κ2) is 4.35. The van der Waals surface area contributed by atoms with Gasteiger partial charge in [0.1, 0.15) is 22.6 Å². The predicted octanol–water partition coefficient (Wildman–Crippen LogP) is 3.06. The number of imidazole rings is 1. The van der Waals surface area contributed by atoms with Crippen molar-refractivity contribution in [2.75, 3.05) is 0 Å². The summed E-state index contributed by atoms with van der Waals surface area (Å²) in [6.07, 6.45) is 6.94. The van der Waals surface area contributed by atoms with Crippen molar-refractivity contribution in [1.29, 1.82) is 0 Å². The SMILES string of the molecule is CCc1nccn1-c1nc(C2CC2)nc(Cl)c1C. The molecular weight excluding hydrogens is 248 g/mol. The third kappa shape index (κ3) is 1.90. The zero-order chi connectivity index (χ0) is 12.7. The van der Waals surface area contributed by atoms with Crippen LogP contribution < -0.4 is 0 Å². The summed E-state index contributed by atoms with van der Waals surface area (Å²) in [5, 5.41) is 0.553. The lowest BCUT2D eigenvalue weighted by Gasteiger charge is -2.11. The van der Waals surface area contributed by atoms with Crippen molar-refractivity contribution < 1.29 is 0 Å². The molecule has 18 heavy (non-hydrogen) atoms. The lowest BCUT2D eigenvalue weighted by molar-refractivity contribution is 0.822. The van der Waals surface area contributed by atoms with Crippen LogP contribution in [0.3, 0.4) is 0 Å². The highest BCUT2D eigenvalue weighted by Gasteiger charge is 2.28. The van der Waals surface area contributed by atoms with Gasteiger partial charge in [0.25, 0.3) is 0 Å². The van der Waals surface area contributed by atoms with Gasteiger partial charge >= 0.3 is 0 Å². The van der Waals surface area contributed by atoms with Crippen LogP contribution >= 0.6 is 11.6 Å². The minimum atomic E-state index is 0.496. The van der Waals surface area contributed by atoms with E-state index in [1.807, 2.05) is 17.7 Å². The van der Waals surface area contributed by atoms with Crippen LogP contribution in [0.15, 0.2) is 12.4 Å². The molecule has 0 N–H and O–H groups in total. The summed E-state index contributed by atoms with van der Waals surface area (Å²) >= 11 is 6.22. The number of aryl methyl sites for hydroxylation is 1. The topological polar surface area (TPSA) is 43.6 Å². The van der Waals surface area contributed by atoms with E-state index in [1.165, 1.54) is 12.8 Å². The zero-order valence-corrected chi connectivity index (χ0v) is 11.3. The summed E-state index contributed by atoms with van der Waals surface area (Å²) in [5.74, 6) is 3.23. The van der Waals surface area contributed by atoms with Crippen molar-refractivity contribution in [2.45, 2.75) is 39.0 Å². The average molecular weight is 263 g/mol. The smallest absolute Gasteiger partial charge is 0.146 e. The number of aromatic nitrogens is 4. The Kier molecular flexibility index (Phi) is 2.82. The van der Waals surface area contributed by atoms with Crippen molar-refractivity contribution in [3.8, 4) is 5.82 Å². The molecule has 0 saturated heterocycles. The standard InChI is InChI=1S/C13H15ClN4/c1-3-10-15-6-7-18(10)13-8(2)11(14)16-12(17-13)9-4-5-9/h6-7,9H,3-5H2,1-2H3. The Bertz CT molecular complexity index is 587. The predicted molar refractivity (Wildman–Crippen MR) is 70.3 cm³/mol. The van der Waals surface area contributed by atoms with Gasteiger partial charge in [0.05, 0.1) is 0 Å². The summed E-state index contributed by atoms with van der Waals surface area (Å²) < 4.78 is 2.01. The highest BCUT2D eigenvalue weighted by Crippen LogP contribution is 2.39. The van der Waals surface area contributed by atoms with Crippen LogP contribution in [0, 0.1) is 6.92 Å². The van der Waals surface area contributed by atoms with Crippen LogP contribution in [0.4, 0.5) is 0 Å². The highest BCUT2D eigenvalue weighted by molar-refractivity contribution is 6.30. The molecular formula is C13H15ClN4.